The van der Waals surface area contributed by atoms with Gasteiger partial charge in [-0.2, -0.15) is 0 Å². The van der Waals surface area contributed by atoms with E-state index in [0.29, 0.717) is 0 Å². The zero-order chi connectivity index (χ0) is 9.72. The standard InChI is InChI=1S/C4H2N2O6/c7-1(3(9)10)5-6-2(8)4(11)12/h(H,9,10)(H,11,12). The molecule has 0 atom stereocenters. The molecule has 8 heteroatoms. The molecule has 0 aliphatic carbocycles. The Bertz CT molecular complexity index is 251. The molecule has 0 aliphatic heterocycles. The number of carboxylic acid groups (broad SMARTS) is 2. The Morgan fingerprint density at radius 3 is 1.17 bits per heavy atom. The van der Waals surface area contributed by atoms with Crippen LogP contribution in [0.3, 0.4) is 0 Å². The maximum absolute atomic E-state index is 10.1. The van der Waals surface area contributed by atoms with E-state index in [0.717, 1.165) is 0 Å². The van der Waals surface area contributed by atoms with Crippen molar-refractivity contribution in [2.45, 2.75) is 0 Å². The summed E-state index contributed by atoms with van der Waals surface area (Å²) in [5.41, 5.74) is 0. The van der Waals surface area contributed by atoms with Gasteiger partial charge in [-0.15, -0.1) is 0 Å². The highest BCUT2D eigenvalue weighted by atomic mass is 16.4. The molecule has 8 nitrogen and oxygen atoms in total. The van der Waals surface area contributed by atoms with Crippen LogP contribution in [0.1, 0.15) is 0 Å². The van der Waals surface area contributed by atoms with Gasteiger partial charge >= 0.3 is 23.8 Å². The van der Waals surface area contributed by atoms with Gasteiger partial charge in [-0.1, -0.05) is 10.2 Å². The fourth-order valence-electron chi connectivity index (χ4n) is 0.176. The highest BCUT2D eigenvalue weighted by molar-refractivity contribution is 6.34. The first kappa shape index (κ1) is 9.88. The van der Waals surface area contributed by atoms with Gasteiger partial charge in [0.2, 0.25) is 0 Å². The summed E-state index contributed by atoms with van der Waals surface area (Å²) in [6, 6.07) is 0. The van der Waals surface area contributed by atoms with Crippen molar-refractivity contribution in [3.8, 4) is 0 Å². The van der Waals surface area contributed by atoms with E-state index in [1.807, 2.05) is 0 Å². The fourth-order valence-corrected chi connectivity index (χ4v) is 0.176. The largest absolute Gasteiger partial charge is 0.474 e. The normalized spacial score (nSPS) is 9.67. The van der Waals surface area contributed by atoms with Crippen molar-refractivity contribution in [1.82, 2.24) is 0 Å². The van der Waals surface area contributed by atoms with Crippen molar-refractivity contribution < 1.29 is 29.4 Å². The van der Waals surface area contributed by atoms with Crippen molar-refractivity contribution in [3.63, 3.8) is 0 Å². The van der Waals surface area contributed by atoms with Crippen molar-refractivity contribution in [3.05, 3.63) is 0 Å². The monoisotopic (exact) mass is 174 g/mol. The van der Waals surface area contributed by atoms with Crippen LogP contribution in [-0.4, -0.2) is 34.0 Å². The summed E-state index contributed by atoms with van der Waals surface area (Å²) in [5.74, 6) is -7.25. The van der Waals surface area contributed by atoms with Gasteiger partial charge in [-0.25, -0.2) is 9.59 Å². The maximum atomic E-state index is 10.1. The van der Waals surface area contributed by atoms with E-state index >= 15 is 0 Å². The van der Waals surface area contributed by atoms with Crippen LogP contribution >= 0.6 is 0 Å². The highest BCUT2D eigenvalue weighted by Crippen LogP contribution is 1.81. The molecule has 0 saturated carbocycles. The second-order valence-electron chi connectivity index (χ2n) is 1.42. The van der Waals surface area contributed by atoms with E-state index in [2.05, 4.69) is 10.2 Å². The molecule has 2 N–H and O–H groups in total. The van der Waals surface area contributed by atoms with Gasteiger partial charge in [0.05, 0.1) is 0 Å². The lowest BCUT2D eigenvalue weighted by Crippen LogP contribution is -2.12. The zero-order valence-electron chi connectivity index (χ0n) is 5.42. The maximum Gasteiger partial charge on any atom is 0.398 e. The molecule has 0 aromatic carbocycles. The topological polar surface area (TPSA) is 133 Å². The van der Waals surface area contributed by atoms with Crippen LogP contribution in [0.4, 0.5) is 0 Å². The summed E-state index contributed by atoms with van der Waals surface area (Å²) in [5, 5.41) is 20.3. The van der Waals surface area contributed by atoms with Crippen LogP contribution in [0.25, 0.3) is 0 Å². The smallest absolute Gasteiger partial charge is 0.398 e. The van der Waals surface area contributed by atoms with Crippen LogP contribution in [0.2, 0.25) is 0 Å². The van der Waals surface area contributed by atoms with E-state index in [9.17, 15) is 19.2 Å². The van der Waals surface area contributed by atoms with Crippen LogP contribution in [0.15, 0.2) is 10.2 Å². The van der Waals surface area contributed by atoms with E-state index in [-0.39, 0.29) is 0 Å². The molecule has 0 radical (unpaired) electrons. The Kier molecular flexibility index (Phi) is 3.22. The molecule has 0 heterocycles. The fraction of sp³-hybridized carbons (Fsp3) is 0. The van der Waals surface area contributed by atoms with Gasteiger partial charge in [0.15, 0.2) is 0 Å². The van der Waals surface area contributed by atoms with Gasteiger partial charge < -0.3 is 10.2 Å². The summed E-state index contributed by atoms with van der Waals surface area (Å²) >= 11 is 0. The third-order valence-electron chi connectivity index (χ3n) is 0.598. The molecular weight excluding hydrogens is 172 g/mol. The Balaban J connectivity index is 4.26. The molecule has 0 aliphatic rings. The van der Waals surface area contributed by atoms with Crippen LogP contribution in [0, 0.1) is 0 Å². The first-order valence-electron chi connectivity index (χ1n) is 2.41. The number of hydrogen-bond donors (Lipinski definition) is 2. The number of rotatable bonds is 0. The van der Waals surface area contributed by atoms with Crippen LogP contribution in [-0.2, 0) is 19.2 Å². The number of azo groups is 1. The number of nitrogens with zero attached hydrogens (tertiary/aromatic N) is 2. The molecule has 0 spiro atoms. The Morgan fingerprint density at radius 1 is 0.750 bits per heavy atom. The molecule has 0 rings (SSSR count). The molecule has 0 saturated heterocycles. The summed E-state index contributed by atoms with van der Waals surface area (Å²) in [4.78, 5) is 39.6. The van der Waals surface area contributed by atoms with Crippen LogP contribution in [0.5, 0.6) is 0 Å². The molecule has 0 unspecified atom stereocenters. The third kappa shape index (κ3) is 3.15. The second kappa shape index (κ2) is 3.91. The third-order valence-corrected chi connectivity index (χ3v) is 0.598. The molecule has 0 fully saturated rings. The van der Waals surface area contributed by atoms with Gasteiger partial charge in [0.1, 0.15) is 0 Å². The lowest BCUT2D eigenvalue weighted by molar-refractivity contribution is -0.150. The van der Waals surface area contributed by atoms with E-state index in [4.69, 9.17) is 10.2 Å². The minimum absolute atomic E-state index is 1.70. The number of carboxylic acids is 2. The summed E-state index contributed by atoms with van der Waals surface area (Å²) < 4.78 is 0. The predicted octanol–water partition coefficient (Wildman–Crippen LogP) is -1.34. The molecule has 0 aromatic heterocycles. The number of carbonyl (C=O) groups excluding carboxylic acids is 2. The van der Waals surface area contributed by atoms with E-state index < -0.39 is 23.8 Å². The average Bonchev–Trinajstić information content (AvgIpc) is 1.98. The summed E-state index contributed by atoms with van der Waals surface area (Å²) in [6.45, 7) is 0. The van der Waals surface area contributed by atoms with Crippen molar-refractivity contribution in [2.75, 3.05) is 0 Å². The number of aliphatic carboxylic acids is 2. The van der Waals surface area contributed by atoms with Gasteiger partial charge in [-0.05, 0) is 0 Å². The Labute approximate surface area is 64.5 Å². The Hall–Kier alpha value is -2.12. The number of carbonyl (C=O) groups is 4. The molecule has 12 heavy (non-hydrogen) atoms. The highest BCUT2D eigenvalue weighted by Gasteiger charge is 2.13. The lowest BCUT2D eigenvalue weighted by atomic mass is 10.6. The molecule has 0 bridgehead atoms. The quantitative estimate of drug-likeness (QED) is 0.344. The van der Waals surface area contributed by atoms with Gasteiger partial charge in [-0.3, -0.25) is 9.59 Å². The molecule has 0 aromatic rings. The summed E-state index contributed by atoms with van der Waals surface area (Å²) in [6.07, 6.45) is 0. The van der Waals surface area contributed by atoms with Gasteiger partial charge in [0.25, 0.3) is 0 Å². The second-order valence-corrected chi connectivity index (χ2v) is 1.42. The van der Waals surface area contributed by atoms with Crippen molar-refractivity contribution in [2.24, 2.45) is 10.2 Å². The molecule has 2 amide bonds. The van der Waals surface area contributed by atoms with Gasteiger partial charge in [0, 0.05) is 0 Å². The van der Waals surface area contributed by atoms with Crippen molar-refractivity contribution in [1.29, 1.82) is 0 Å². The Morgan fingerprint density at radius 2 is 1.00 bits per heavy atom. The molecular formula is C4H2N2O6. The lowest BCUT2D eigenvalue weighted by Gasteiger charge is -1.81. The van der Waals surface area contributed by atoms with E-state index in [1.54, 1.807) is 0 Å². The predicted molar refractivity (Wildman–Crippen MR) is 30.1 cm³/mol. The number of hydrogen-bond acceptors (Lipinski definition) is 4. The summed E-state index contributed by atoms with van der Waals surface area (Å²) in [7, 11) is 0. The minimum atomic E-state index is -1.92. The van der Waals surface area contributed by atoms with E-state index in [1.165, 1.54) is 0 Å². The first-order chi connectivity index (χ1) is 5.45. The minimum Gasteiger partial charge on any atom is -0.474 e. The first-order valence-corrected chi connectivity index (χ1v) is 2.41. The average molecular weight is 174 g/mol. The van der Waals surface area contributed by atoms with Crippen LogP contribution < -0.4 is 0 Å². The zero-order valence-corrected chi connectivity index (χ0v) is 5.42. The number of amides is 2. The van der Waals surface area contributed by atoms with Crippen molar-refractivity contribution >= 4 is 23.8 Å². The molecule has 64 valence electrons. The SMILES string of the molecule is O=C(O)C(=O)N=NC(=O)C(=O)O.